The Morgan fingerprint density at radius 2 is 2.24 bits per heavy atom. The van der Waals surface area contributed by atoms with Crippen molar-refractivity contribution in [2.75, 3.05) is 13.1 Å². The van der Waals surface area contributed by atoms with Gasteiger partial charge in [-0.2, -0.15) is 5.10 Å². The Balaban J connectivity index is 1.94. The Labute approximate surface area is 123 Å². The van der Waals surface area contributed by atoms with E-state index in [0.29, 0.717) is 18.7 Å². The molecule has 0 bridgehead atoms. The Kier molecular flexibility index (Phi) is 5.42. The minimum atomic E-state index is -3.61. The van der Waals surface area contributed by atoms with Crippen molar-refractivity contribution >= 4 is 10.0 Å². The van der Waals surface area contributed by atoms with Crippen molar-refractivity contribution in [2.24, 2.45) is 0 Å². The second-order valence-electron chi connectivity index (χ2n) is 4.47. The topological polar surface area (TPSA) is 118 Å². The fraction of sp³-hybridized carbons (Fsp3) is 0.545. The number of nitrogens with one attached hydrogen (secondary N) is 3. The predicted molar refractivity (Wildman–Crippen MR) is 75.8 cm³/mol. The van der Waals surface area contributed by atoms with Gasteiger partial charge in [0.05, 0.1) is 18.9 Å². The number of rotatable bonds is 9. The highest BCUT2D eigenvalue weighted by Crippen LogP contribution is 2.11. The van der Waals surface area contributed by atoms with Gasteiger partial charge < -0.3 is 5.32 Å². The van der Waals surface area contributed by atoms with Gasteiger partial charge in [0.2, 0.25) is 0 Å². The second kappa shape index (κ2) is 7.29. The van der Waals surface area contributed by atoms with Crippen LogP contribution >= 0.6 is 0 Å². The molecule has 3 N–H and O–H groups in total. The summed E-state index contributed by atoms with van der Waals surface area (Å²) in [7, 11) is -3.61. The molecule has 116 valence electrons. The lowest BCUT2D eigenvalue weighted by Crippen LogP contribution is -2.29. The molecule has 0 aliphatic rings. The van der Waals surface area contributed by atoms with Crippen LogP contribution in [-0.2, 0) is 23.1 Å². The third-order valence-corrected chi connectivity index (χ3v) is 4.27. The SMILES string of the molecule is CCCNCc1cn[nH]c1S(=O)(=O)NCCn1ccnn1. The molecule has 0 spiro atoms. The van der Waals surface area contributed by atoms with Crippen LogP contribution in [0.2, 0.25) is 0 Å². The van der Waals surface area contributed by atoms with Crippen molar-refractivity contribution in [2.45, 2.75) is 31.5 Å². The summed E-state index contributed by atoms with van der Waals surface area (Å²) in [5, 5.41) is 17.0. The molecule has 0 fully saturated rings. The first-order chi connectivity index (χ1) is 10.1. The van der Waals surface area contributed by atoms with E-state index in [1.165, 1.54) is 6.20 Å². The lowest BCUT2D eigenvalue weighted by molar-refractivity contribution is 0.548. The molecular weight excluding hydrogens is 294 g/mol. The van der Waals surface area contributed by atoms with Crippen LogP contribution in [0.3, 0.4) is 0 Å². The maximum absolute atomic E-state index is 12.2. The van der Waals surface area contributed by atoms with E-state index in [2.05, 4.69) is 30.5 Å². The lowest BCUT2D eigenvalue weighted by atomic mass is 10.3. The van der Waals surface area contributed by atoms with Crippen LogP contribution in [0.15, 0.2) is 23.6 Å². The van der Waals surface area contributed by atoms with Gasteiger partial charge >= 0.3 is 0 Å². The maximum atomic E-state index is 12.2. The van der Waals surface area contributed by atoms with Crippen LogP contribution in [0.1, 0.15) is 18.9 Å². The average Bonchev–Trinajstić information content (AvgIpc) is 3.10. The van der Waals surface area contributed by atoms with Crippen molar-refractivity contribution in [3.8, 4) is 0 Å². The third-order valence-electron chi connectivity index (χ3n) is 2.79. The Morgan fingerprint density at radius 3 is 2.95 bits per heavy atom. The molecule has 2 aromatic rings. The van der Waals surface area contributed by atoms with Crippen LogP contribution in [0, 0.1) is 0 Å². The summed E-state index contributed by atoms with van der Waals surface area (Å²) in [5.41, 5.74) is 0.622. The molecule has 0 aromatic carbocycles. The van der Waals surface area contributed by atoms with Crippen LogP contribution in [-0.4, -0.2) is 46.7 Å². The van der Waals surface area contributed by atoms with Gasteiger partial charge in [-0.1, -0.05) is 12.1 Å². The molecule has 10 heteroatoms. The number of hydrogen-bond acceptors (Lipinski definition) is 6. The number of sulfonamides is 1. The maximum Gasteiger partial charge on any atom is 0.257 e. The van der Waals surface area contributed by atoms with E-state index < -0.39 is 10.0 Å². The monoisotopic (exact) mass is 313 g/mol. The molecule has 0 amide bonds. The molecule has 2 heterocycles. The minimum Gasteiger partial charge on any atom is -0.313 e. The van der Waals surface area contributed by atoms with E-state index >= 15 is 0 Å². The molecule has 0 atom stereocenters. The van der Waals surface area contributed by atoms with E-state index in [4.69, 9.17) is 0 Å². The normalized spacial score (nSPS) is 11.9. The molecule has 2 aromatic heterocycles. The van der Waals surface area contributed by atoms with Crippen LogP contribution < -0.4 is 10.0 Å². The van der Waals surface area contributed by atoms with E-state index in [0.717, 1.165) is 13.0 Å². The van der Waals surface area contributed by atoms with E-state index in [9.17, 15) is 8.42 Å². The highest BCUT2D eigenvalue weighted by atomic mass is 32.2. The second-order valence-corrected chi connectivity index (χ2v) is 6.17. The predicted octanol–water partition coefficient (Wildman–Crippen LogP) is -0.521. The summed E-state index contributed by atoms with van der Waals surface area (Å²) < 4.78 is 28.5. The molecule has 0 saturated heterocycles. The van der Waals surface area contributed by atoms with Gasteiger partial charge in [-0.3, -0.25) is 9.78 Å². The molecule has 0 aliphatic heterocycles. The van der Waals surface area contributed by atoms with Gasteiger partial charge in [-0.05, 0) is 13.0 Å². The molecule has 2 rings (SSSR count). The molecule has 21 heavy (non-hydrogen) atoms. The highest BCUT2D eigenvalue weighted by molar-refractivity contribution is 7.89. The molecule has 0 aliphatic carbocycles. The number of H-pyrrole nitrogens is 1. The molecular formula is C11H19N7O2S. The zero-order chi connectivity index (χ0) is 15.1. The van der Waals surface area contributed by atoms with Crippen LogP contribution in [0.25, 0.3) is 0 Å². The summed E-state index contributed by atoms with van der Waals surface area (Å²) >= 11 is 0. The van der Waals surface area contributed by atoms with Gasteiger partial charge in [0.1, 0.15) is 0 Å². The number of aromatic amines is 1. The molecule has 0 unspecified atom stereocenters. The van der Waals surface area contributed by atoms with Gasteiger partial charge in [0, 0.05) is 24.8 Å². The fourth-order valence-electron chi connectivity index (χ4n) is 1.78. The van der Waals surface area contributed by atoms with Crippen molar-refractivity contribution < 1.29 is 8.42 Å². The van der Waals surface area contributed by atoms with Crippen molar-refractivity contribution in [3.05, 3.63) is 24.2 Å². The zero-order valence-corrected chi connectivity index (χ0v) is 12.6. The number of nitrogens with zero attached hydrogens (tertiary/aromatic N) is 4. The lowest BCUT2D eigenvalue weighted by Gasteiger charge is -2.07. The molecule has 0 saturated carbocycles. The van der Waals surface area contributed by atoms with Gasteiger partial charge in [-0.15, -0.1) is 5.10 Å². The van der Waals surface area contributed by atoms with Crippen molar-refractivity contribution in [3.63, 3.8) is 0 Å². The quantitative estimate of drug-likeness (QED) is 0.536. The van der Waals surface area contributed by atoms with Crippen molar-refractivity contribution in [1.29, 1.82) is 0 Å². The van der Waals surface area contributed by atoms with Gasteiger partial charge in [0.25, 0.3) is 10.0 Å². The Morgan fingerprint density at radius 1 is 1.38 bits per heavy atom. The largest absolute Gasteiger partial charge is 0.313 e. The van der Waals surface area contributed by atoms with E-state index in [1.807, 2.05) is 6.92 Å². The fourth-order valence-corrected chi connectivity index (χ4v) is 2.92. The summed E-state index contributed by atoms with van der Waals surface area (Å²) in [5.74, 6) is 0. The number of aromatic nitrogens is 5. The summed E-state index contributed by atoms with van der Waals surface area (Å²) in [4.78, 5) is 0. The first-order valence-electron chi connectivity index (χ1n) is 6.70. The average molecular weight is 313 g/mol. The summed E-state index contributed by atoms with van der Waals surface area (Å²) in [6.07, 6.45) is 5.72. The van der Waals surface area contributed by atoms with Crippen molar-refractivity contribution in [1.82, 2.24) is 35.2 Å². The van der Waals surface area contributed by atoms with E-state index in [-0.39, 0.29) is 11.6 Å². The summed E-state index contributed by atoms with van der Waals surface area (Å²) in [6, 6.07) is 0. The van der Waals surface area contributed by atoms with Gasteiger partial charge in [0.15, 0.2) is 5.03 Å². The first kappa shape index (κ1) is 15.6. The highest BCUT2D eigenvalue weighted by Gasteiger charge is 2.20. The van der Waals surface area contributed by atoms with E-state index in [1.54, 1.807) is 17.1 Å². The standard InChI is InChI=1S/C11H19N7O2S/c1-2-3-12-8-10-9-14-16-11(10)21(19,20)15-5-7-18-6-4-13-17-18/h4,6,9,12,15H,2-3,5,7-8H2,1H3,(H,14,16). The van der Waals surface area contributed by atoms with Crippen LogP contribution in [0.5, 0.6) is 0 Å². The van der Waals surface area contributed by atoms with Gasteiger partial charge in [-0.25, -0.2) is 13.1 Å². The first-order valence-corrected chi connectivity index (χ1v) is 8.18. The Hall–Kier alpha value is -1.78. The molecule has 0 radical (unpaired) electrons. The smallest absolute Gasteiger partial charge is 0.257 e. The molecule has 9 nitrogen and oxygen atoms in total. The summed E-state index contributed by atoms with van der Waals surface area (Å²) in [6.45, 7) is 3.98. The number of hydrogen-bond donors (Lipinski definition) is 3. The third kappa shape index (κ3) is 4.34. The van der Waals surface area contributed by atoms with Crippen LogP contribution in [0.4, 0.5) is 0 Å². The minimum absolute atomic E-state index is 0.102. The Bertz CT molecular complexity index is 635. The zero-order valence-electron chi connectivity index (χ0n) is 11.8.